The van der Waals surface area contributed by atoms with E-state index in [4.69, 9.17) is 5.73 Å². The molecule has 0 atom stereocenters. The van der Waals surface area contributed by atoms with E-state index >= 15 is 0 Å². The second-order valence-electron chi connectivity index (χ2n) is 3.74. The molecule has 1 heterocycles. The van der Waals surface area contributed by atoms with Gasteiger partial charge in [-0.25, -0.2) is 0 Å². The first-order chi connectivity index (χ1) is 8.16. The van der Waals surface area contributed by atoms with Crippen LogP contribution >= 0.6 is 27.7 Å². The molecule has 17 heavy (non-hydrogen) atoms. The molecule has 88 valence electrons. The fourth-order valence-corrected chi connectivity index (χ4v) is 3.00. The Morgan fingerprint density at radius 2 is 2.18 bits per heavy atom. The standard InChI is InChI=1S/C13H13BrN2S/c1-9-3-2-6-16-12(9)8-17-13-7-10(14)4-5-11(13)15/h2-7H,8,15H2,1H3. The molecule has 0 saturated heterocycles. The molecule has 0 saturated carbocycles. The number of pyridine rings is 1. The highest BCUT2D eigenvalue weighted by Crippen LogP contribution is 2.30. The molecule has 1 aromatic carbocycles. The Balaban J connectivity index is 2.12. The van der Waals surface area contributed by atoms with Gasteiger partial charge in [-0.2, -0.15) is 0 Å². The fraction of sp³-hybridized carbons (Fsp3) is 0.154. The number of thioether (sulfide) groups is 1. The van der Waals surface area contributed by atoms with Crippen molar-refractivity contribution in [3.8, 4) is 0 Å². The maximum absolute atomic E-state index is 5.93. The van der Waals surface area contributed by atoms with E-state index in [1.807, 2.05) is 30.5 Å². The van der Waals surface area contributed by atoms with Crippen LogP contribution in [0.4, 0.5) is 5.69 Å². The zero-order chi connectivity index (χ0) is 12.3. The van der Waals surface area contributed by atoms with Gasteiger partial charge in [-0.15, -0.1) is 11.8 Å². The van der Waals surface area contributed by atoms with E-state index in [1.54, 1.807) is 11.8 Å². The number of anilines is 1. The molecule has 0 radical (unpaired) electrons. The van der Waals surface area contributed by atoms with Crippen LogP contribution in [0.1, 0.15) is 11.3 Å². The highest BCUT2D eigenvalue weighted by atomic mass is 79.9. The molecule has 0 bridgehead atoms. The van der Waals surface area contributed by atoms with E-state index in [1.165, 1.54) is 5.56 Å². The molecule has 0 unspecified atom stereocenters. The molecule has 2 N–H and O–H groups in total. The van der Waals surface area contributed by atoms with Crippen LogP contribution in [0, 0.1) is 6.92 Å². The first-order valence-electron chi connectivity index (χ1n) is 5.25. The summed E-state index contributed by atoms with van der Waals surface area (Å²) in [6.45, 7) is 2.08. The summed E-state index contributed by atoms with van der Waals surface area (Å²) >= 11 is 5.16. The van der Waals surface area contributed by atoms with Gasteiger partial charge in [0.15, 0.2) is 0 Å². The van der Waals surface area contributed by atoms with Crippen LogP contribution in [-0.2, 0) is 5.75 Å². The molecule has 0 fully saturated rings. The van der Waals surface area contributed by atoms with Crippen molar-refractivity contribution in [1.82, 2.24) is 4.98 Å². The summed E-state index contributed by atoms with van der Waals surface area (Å²) in [6.07, 6.45) is 1.83. The van der Waals surface area contributed by atoms with Crippen molar-refractivity contribution < 1.29 is 0 Å². The quantitative estimate of drug-likeness (QED) is 0.687. The third-order valence-corrected chi connectivity index (χ3v) is 4.03. The molecule has 2 rings (SSSR count). The summed E-state index contributed by atoms with van der Waals surface area (Å²) in [5, 5.41) is 0. The zero-order valence-corrected chi connectivity index (χ0v) is 11.9. The highest BCUT2D eigenvalue weighted by Gasteiger charge is 2.04. The molecule has 2 nitrogen and oxygen atoms in total. The minimum Gasteiger partial charge on any atom is -0.398 e. The fourth-order valence-electron chi connectivity index (χ4n) is 1.45. The van der Waals surface area contributed by atoms with Crippen LogP contribution in [0.15, 0.2) is 45.9 Å². The summed E-state index contributed by atoms with van der Waals surface area (Å²) in [5.41, 5.74) is 9.07. The number of halogens is 1. The number of aromatic nitrogens is 1. The predicted molar refractivity (Wildman–Crippen MR) is 77.1 cm³/mol. The van der Waals surface area contributed by atoms with Crippen LogP contribution < -0.4 is 5.73 Å². The normalized spacial score (nSPS) is 10.5. The van der Waals surface area contributed by atoms with Crippen LogP contribution in [0.5, 0.6) is 0 Å². The van der Waals surface area contributed by atoms with Crippen molar-refractivity contribution in [2.45, 2.75) is 17.6 Å². The number of nitrogen functional groups attached to an aromatic ring is 1. The van der Waals surface area contributed by atoms with Crippen molar-refractivity contribution >= 4 is 33.4 Å². The highest BCUT2D eigenvalue weighted by molar-refractivity contribution is 9.10. The molecule has 0 amide bonds. The minimum atomic E-state index is 0.812. The Bertz CT molecular complexity index is 529. The average molecular weight is 309 g/mol. The van der Waals surface area contributed by atoms with Gasteiger partial charge in [0.05, 0.1) is 5.69 Å². The van der Waals surface area contributed by atoms with Gasteiger partial charge in [-0.1, -0.05) is 22.0 Å². The van der Waals surface area contributed by atoms with Gasteiger partial charge < -0.3 is 5.73 Å². The van der Waals surface area contributed by atoms with Crippen LogP contribution in [0.25, 0.3) is 0 Å². The molecule has 2 aromatic rings. The van der Waals surface area contributed by atoms with Gasteiger partial charge in [0, 0.05) is 27.0 Å². The summed E-state index contributed by atoms with van der Waals surface area (Å²) in [5.74, 6) is 0.841. The van der Waals surface area contributed by atoms with Crippen molar-refractivity contribution in [2.24, 2.45) is 0 Å². The molecule has 4 heteroatoms. The van der Waals surface area contributed by atoms with Gasteiger partial charge in [-0.05, 0) is 36.8 Å². The monoisotopic (exact) mass is 308 g/mol. The summed E-state index contributed by atoms with van der Waals surface area (Å²) in [7, 11) is 0. The van der Waals surface area contributed by atoms with Crippen LogP contribution in [0.3, 0.4) is 0 Å². The minimum absolute atomic E-state index is 0.812. The number of hydrogen-bond acceptors (Lipinski definition) is 3. The Kier molecular flexibility index (Phi) is 4.07. The molecule has 0 aliphatic rings. The topological polar surface area (TPSA) is 38.9 Å². The lowest BCUT2D eigenvalue weighted by molar-refractivity contribution is 1.13. The Morgan fingerprint density at radius 1 is 1.35 bits per heavy atom. The van der Waals surface area contributed by atoms with Crippen molar-refractivity contribution in [1.29, 1.82) is 0 Å². The summed E-state index contributed by atoms with van der Waals surface area (Å²) in [6, 6.07) is 9.94. The van der Waals surface area contributed by atoms with Crippen molar-refractivity contribution in [2.75, 3.05) is 5.73 Å². The molecule has 0 aliphatic carbocycles. The van der Waals surface area contributed by atoms with E-state index in [0.717, 1.165) is 26.5 Å². The lowest BCUT2D eigenvalue weighted by atomic mass is 10.2. The lowest BCUT2D eigenvalue weighted by Crippen LogP contribution is -1.92. The van der Waals surface area contributed by atoms with Crippen molar-refractivity contribution in [3.63, 3.8) is 0 Å². The Hall–Kier alpha value is -1.00. The van der Waals surface area contributed by atoms with Gasteiger partial charge in [0.1, 0.15) is 0 Å². The van der Waals surface area contributed by atoms with E-state index in [-0.39, 0.29) is 0 Å². The summed E-state index contributed by atoms with van der Waals surface area (Å²) in [4.78, 5) is 5.46. The smallest absolute Gasteiger partial charge is 0.0535 e. The maximum Gasteiger partial charge on any atom is 0.0535 e. The predicted octanol–water partition coefficient (Wildman–Crippen LogP) is 4.03. The molecule has 1 aromatic heterocycles. The van der Waals surface area contributed by atoms with Gasteiger partial charge in [-0.3, -0.25) is 4.98 Å². The zero-order valence-electron chi connectivity index (χ0n) is 9.48. The SMILES string of the molecule is Cc1cccnc1CSc1cc(Br)ccc1N. The number of nitrogens with zero attached hydrogens (tertiary/aromatic N) is 1. The van der Waals surface area contributed by atoms with Gasteiger partial charge in [0.2, 0.25) is 0 Å². The average Bonchev–Trinajstić information content (AvgIpc) is 2.32. The van der Waals surface area contributed by atoms with E-state index in [2.05, 4.69) is 33.9 Å². The lowest BCUT2D eigenvalue weighted by Gasteiger charge is -2.07. The molecular weight excluding hydrogens is 296 g/mol. The number of nitrogens with two attached hydrogens (primary N) is 1. The number of hydrogen-bond donors (Lipinski definition) is 1. The molecular formula is C13H13BrN2S. The maximum atomic E-state index is 5.93. The Labute approximate surface area is 114 Å². The number of aryl methyl sites for hydroxylation is 1. The molecule has 0 spiro atoms. The second kappa shape index (κ2) is 5.56. The van der Waals surface area contributed by atoms with E-state index in [9.17, 15) is 0 Å². The van der Waals surface area contributed by atoms with E-state index in [0.29, 0.717) is 0 Å². The Morgan fingerprint density at radius 3 is 2.94 bits per heavy atom. The molecule has 0 aliphatic heterocycles. The van der Waals surface area contributed by atoms with Crippen LogP contribution in [-0.4, -0.2) is 4.98 Å². The van der Waals surface area contributed by atoms with Gasteiger partial charge >= 0.3 is 0 Å². The first kappa shape index (κ1) is 12.5. The third-order valence-electron chi connectivity index (χ3n) is 2.46. The van der Waals surface area contributed by atoms with E-state index < -0.39 is 0 Å². The van der Waals surface area contributed by atoms with Crippen LogP contribution in [0.2, 0.25) is 0 Å². The van der Waals surface area contributed by atoms with Crippen molar-refractivity contribution in [3.05, 3.63) is 52.3 Å². The second-order valence-corrected chi connectivity index (χ2v) is 5.67. The van der Waals surface area contributed by atoms with Gasteiger partial charge in [0.25, 0.3) is 0 Å². The third kappa shape index (κ3) is 3.23. The largest absolute Gasteiger partial charge is 0.398 e. The summed E-state index contributed by atoms with van der Waals surface area (Å²) < 4.78 is 1.05. The first-order valence-corrected chi connectivity index (χ1v) is 7.03. The number of rotatable bonds is 3. The number of benzene rings is 1.